The van der Waals surface area contributed by atoms with Crippen LogP contribution in [0.5, 0.6) is 0 Å². The average molecular weight is 397 g/mol. The lowest BCUT2D eigenvalue weighted by Gasteiger charge is -2.42. The number of hydrogen-bond acceptors (Lipinski definition) is 2. The Bertz CT molecular complexity index is 1090. The van der Waals surface area contributed by atoms with Gasteiger partial charge in [-0.15, -0.1) is 0 Å². The van der Waals surface area contributed by atoms with Gasteiger partial charge in [-0.25, -0.2) is 8.78 Å². The largest absolute Gasteiger partial charge is 0.361 e. The zero-order valence-corrected chi connectivity index (χ0v) is 16.2. The molecule has 7 heteroatoms. The second kappa shape index (κ2) is 7.31. The van der Waals surface area contributed by atoms with Crippen molar-refractivity contribution >= 4 is 22.7 Å². The maximum atomic E-state index is 14.0. The predicted octanol–water partition coefficient (Wildman–Crippen LogP) is 2.90. The van der Waals surface area contributed by atoms with Crippen LogP contribution in [0.4, 0.5) is 8.78 Å². The van der Waals surface area contributed by atoms with Crippen LogP contribution in [0.15, 0.2) is 48.7 Å². The first kappa shape index (κ1) is 19.1. The number of fused-ring (bicyclic) bond motifs is 1. The lowest BCUT2D eigenvalue weighted by molar-refractivity contribution is -0.158. The number of nitrogens with zero attached hydrogens (tertiary/aromatic N) is 2. The van der Waals surface area contributed by atoms with Crippen molar-refractivity contribution in [1.82, 2.24) is 14.8 Å². The number of nitrogens with one attached hydrogen (secondary N) is 1. The molecule has 0 unspecified atom stereocenters. The standard InChI is InChI=1S/C22H21F2N3O2/c1-26-19(9-13-5-3-4-6-17(13)24)21(28)27(2)20(22(26)29)10-14-12-25-18-11-15(23)7-8-16(14)18/h3-8,11-12,19-20,25H,9-10H2,1-2H3/t19-,20-/m0/s1. The van der Waals surface area contributed by atoms with Crippen LogP contribution >= 0.6 is 0 Å². The summed E-state index contributed by atoms with van der Waals surface area (Å²) in [5.41, 5.74) is 1.87. The van der Waals surface area contributed by atoms with Gasteiger partial charge in [-0.05, 0) is 35.4 Å². The number of carbonyl (C=O) groups is 2. The quantitative estimate of drug-likeness (QED) is 0.736. The molecule has 1 saturated heterocycles. The molecule has 2 atom stereocenters. The lowest BCUT2D eigenvalue weighted by Crippen LogP contribution is -2.63. The van der Waals surface area contributed by atoms with E-state index in [0.29, 0.717) is 17.5 Å². The van der Waals surface area contributed by atoms with Gasteiger partial charge in [0, 0.05) is 44.0 Å². The van der Waals surface area contributed by atoms with Crippen LogP contribution in [0.3, 0.4) is 0 Å². The van der Waals surface area contributed by atoms with Crippen molar-refractivity contribution in [3.05, 3.63) is 71.4 Å². The summed E-state index contributed by atoms with van der Waals surface area (Å²) in [4.78, 5) is 31.9. The van der Waals surface area contributed by atoms with Gasteiger partial charge in [0.25, 0.3) is 0 Å². The lowest BCUT2D eigenvalue weighted by atomic mass is 9.95. The van der Waals surface area contributed by atoms with E-state index < -0.39 is 17.9 Å². The number of benzene rings is 2. The third kappa shape index (κ3) is 3.37. The molecule has 5 nitrogen and oxygen atoms in total. The van der Waals surface area contributed by atoms with E-state index in [1.54, 1.807) is 44.6 Å². The van der Waals surface area contributed by atoms with E-state index in [2.05, 4.69) is 4.98 Å². The molecule has 0 spiro atoms. The minimum Gasteiger partial charge on any atom is -0.361 e. The Morgan fingerprint density at radius 3 is 2.17 bits per heavy atom. The summed E-state index contributed by atoms with van der Waals surface area (Å²) in [6.45, 7) is 0. The molecule has 2 aromatic carbocycles. The normalized spacial score (nSPS) is 20.0. The summed E-state index contributed by atoms with van der Waals surface area (Å²) in [6, 6.07) is 9.27. The van der Waals surface area contributed by atoms with Gasteiger partial charge in [0.2, 0.25) is 11.8 Å². The third-order valence-electron chi connectivity index (χ3n) is 5.71. The molecular weight excluding hydrogens is 376 g/mol. The van der Waals surface area contributed by atoms with Gasteiger partial charge >= 0.3 is 0 Å². The molecule has 2 amide bonds. The van der Waals surface area contributed by atoms with Crippen molar-refractivity contribution in [2.45, 2.75) is 24.9 Å². The van der Waals surface area contributed by atoms with Crippen LogP contribution < -0.4 is 0 Å². The number of likely N-dealkylation sites (N-methyl/N-ethyl adjacent to an activating group) is 2. The van der Waals surface area contributed by atoms with E-state index in [9.17, 15) is 18.4 Å². The molecular formula is C22H21F2N3O2. The summed E-state index contributed by atoms with van der Waals surface area (Å²) >= 11 is 0. The molecule has 0 aliphatic carbocycles. The Morgan fingerprint density at radius 2 is 1.52 bits per heavy atom. The molecule has 150 valence electrons. The Morgan fingerprint density at radius 1 is 0.897 bits per heavy atom. The highest BCUT2D eigenvalue weighted by atomic mass is 19.1. The number of carbonyl (C=O) groups excluding carboxylic acids is 2. The minimum atomic E-state index is -0.752. The van der Waals surface area contributed by atoms with E-state index in [1.165, 1.54) is 28.0 Å². The highest BCUT2D eigenvalue weighted by Gasteiger charge is 2.42. The van der Waals surface area contributed by atoms with E-state index in [1.807, 2.05) is 0 Å². The van der Waals surface area contributed by atoms with Crippen molar-refractivity contribution in [2.24, 2.45) is 0 Å². The Kier molecular flexibility index (Phi) is 4.82. The molecule has 1 aliphatic heterocycles. The smallest absolute Gasteiger partial charge is 0.246 e. The van der Waals surface area contributed by atoms with Crippen LogP contribution in [0.2, 0.25) is 0 Å². The van der Waals surface area contributed by atoms with Gasteiger partial charge in [0.15, 0.2) is 0 Å². The molecule has 0 saturated carbocycles. The Hall–Kier alpha value is -3.22. The number of amides is 2. The first-order chi connectivity index (χ1) is 13.9. The summed E-state index contributed by atoms with van der Waals surface area (Å²) in [6.07, 6.45) is 2.17. The predicted molar refractivity (Wildman–Crippen MR) is 105 cm³/mol. The molecule has 0 bridgehead atoms. The molecule has 29 heavy (non-hydrogen) atoms. The molecule has 0 radical (unpaired) electrons. The van der Waals surface area contributed by atoms with Crippen LogP contribution in [-0.4, -0.2) is 52.8 Å². The number of piperazine rings is 1. The van der Waals surface area contributed by atoms with Crippen LogP contribution in [0.1, 0.15) is 11.1 Å². The SMILES string of the molecule is CN1C(=O)[C@H](Cc2c[nH]c3cc(F)ccc23)N(C)C(=O)[C@@H]1Cc1ccccc1F. The molecule has 3 aromatic rings. The molecule has 1 aliphatic rings. The fraction of sp³-hybridized carbons (Fsp3) is 0.273. The van der Waals surface area contributed by atoms with Gasteiger partial charge in [0.1, 0.15) is 23.7 Å². The second-order valence-electron chi connectivity index (χ2n) is 7.43. The molecule has 1 N–H and O–H groups in total. The number of aromatic amines is 1. The number of H-pyrrole nitrogens is 1. The molecule has 1 aromatic heterocycles. The van der Waals surface area contributed by atoms with Gasteiger partial charge in [0.05, 0.1) is 0 Å². The first-order valence-electron chi connectivity index (χ1n) is 9.39. The zero-order chi connectivity index (χ0) is 20.7. The van der Waals surface area contributed by atoms with Crippen molar-refractivity contribution < 1.29 is 18.4 Å². The summed E-state index contributed by atoms with van der Waals surface area (Å²) < 4.78 is 27.5. The zero-order valence-electron chi connectivity index (χ0n) is 16.2. The minimum absolute atomic E-state index is 0.122. The van der Waals surface area contributed by atoms with Crippen molar-refractivity contribution in [1.29, 1.82) is 0 Å². The summed E-state index contributed by atoms with van der Waals surface area (Å²) in [5.74, 6) is -1.17. The van der Waals surface area contributed by atoms with E-state index in [0.717, 1.165) is 10.9 Å². The molecule has 2 heterocycles. The number of rotatable bonds is 4. The Balaban J connectivity index is 1.58. The average Bonchev–Trinajstić information content (AvgIpc) is 3.10. The highest BCUT2D eigenvalue weighted by Crippen LogP contribution is 2.26. The molecule has 1 fully saturated rings. The fourth-order valence-electron chi connectivity index (χ4n) is 3.97. The monoisotopic (exact) mass is 397 g/mol. The van der Waals surface area contributed by atoms with Crippen molar-refractivity contribution in [3.8, 4) is 0 Å². The fourth-order valence-corrected chi connectivity index (χ4v) is 3.97. The highest BCUT2D eigenvalue weighted by molar-refractivity contribution is 5.97. The van der Waals surface area contributed by atoms with Gasteiger partial charge in [-0.3, -0.25) is 9.59 Å². The first-order valence-corrected chi connectivity index (χ1v) is 9.39. The van der Waals surface area contributed by atoms with E-state index in [4.69, 9.17) is 0 Å². The Labute approximate surface area is 166 Å². The number of halogens is 2. The van der Waals surface area contributed by atoms with Crippen molar-refractivity contribution in [3.63, 3.8) is 0 Å². The van der Waals surface area contributed by atoms with Gasteiger partial charge < -0.3 is 14.8 Å². The van der Waals surface area contributed by atoms with Crippen molar-refractivity contribution in [2.75, 3.05) is 14.1 Å². The van der Waals surface area contributed by atoms with Gasteiger partial charge in [-0.2, -0.15) is 0 Å². The maximum Gasteiger partial charge on any atom is 0.246 e. The van der Waals surface area contributed by atoms with Crippen LogP contribution in [0.25, 0.3) is 10.9 Å². The summed E-state index contributed by atoms with van der Waals surface area (Å²) in [7, 11) is 3.18. The maximum absolute atomic E-state index is 14.0. The van der Waals surface area contributed by atoms with E-state index in [-0.39, 0.29) is 24.1 Å². The second-order valence-corrected chi connectivity index (χ2v) is 7.43. The third-order valence-corrected chi connectivity index (χ3v) is 5.71. The van der Waals surface area contributed by atoms with Gasteiger partial charge in [-0.1, -0.05) is 18.2 Å². The van der Waals surface area contributed by atoms with E-state index >= 15 is 0 Å². The molecule has 4 rings (SSSR count). The topological polar surface area (TPSA) is 56.4 Å². The number of aromatic nitrogens is 1. The summed E-state index contributed by atoms with van der Waals surface area (Å²) in [5, 5.41) is 0.816. The number of hydrogen-bond donors (Lipinski definition) is 1. The van der Waals surface area contributed by atoms with Crippen LogP contribution in [0, 0.1) is 11.6 Å². The van der Waals surface area contributed by atoms with Crippen LogP contribution in [-0.2, 0) is 22.4 Å².